The quantitative estimate of drug-likeness (QED) is 0.606. The summed E-state index contributed by atoms with van der Waals surface area (Å²) in [4.78, 5) is 25.0. The standard InChI is InChI=1S/C14H24N2O5/c1-2-16-8-9(17)3-6-12(16)14(20)21-10-4-5-11(13(18)19)15-7-10/h9-12,15,17H,2-8H2,1H3,(H,18,19)/t9-,10-,11-,12-/m0/s1. The predicted octanol–water partition coefficient (Wildman–Crippen LogP) is -0.420. The van der Waals surface area contributed by atoms with E-state index in [0.29, 0.717) is 45.3 Å². The molecule has 2 saturated heterocycles. The number of carbonyl (C=O) groups excluding carboxylic acids is 1. The Bertz CT molecular complexity index is 382. The SMILES string of the molecule is CCN1C[C@@H](O)CC[C@H]1C(=O)O[C@H]1CC[C@@H](C(=O)O)NC1. The molecule has 0 aromatic rings. The molecule has 0 aromatic carbocycles. The lowest BCUT2D eigenvalue weighted by atomic mass is 9.99. The van der Waals surface area contributed by atoms with Crippen LogP contribution in [0.3, 0.4) is 0 Å². The zero-order chi connectivity index (χ0) is 15.4. The number of aliphatic hydroxyl groups is 1. The molecule has 21 heavy (non-hydrogen) atoms. The van der Waals surface area contributed by atoms with Gasteiger partial charge in [0, 0.05) is 13.1 Å². The molecule has 2 aliphatic heterocycles. The van der Waals surface area contributed by atoms with Crippen LogP contribution in [0.2, 0.25) is 0 Å². The molecular weight excluding hydrogens is 276 g/mol. The second-order valence-electron chi connectivity index (χ2n) is 5.77. The molecule has 120 valence electrons. The number of aliphatic carboxylic acids is 1. The molecular formula is C14H24N2O5. The fourth-order valence-corrected chi connectivity index (χ4v) is 3.02. The third-order valence-corrected chi connectivity index (χ3v) is 4.29. The van der Waals surface area contributed by atoms with E-state index >= 15 is 0 Å². The zero-order valence-corrected chi connectivity index (χ0v) is 12.3. The molecule has 0 bridgehead atoms. The number of nitrogens with zero attached hydrogens (tertiary/aromatic N) is 1. The largest absolute Gasteiger partial charge is 0.480 e. The number of ether oxygens (including phenoxy) is 1. The fraction of sp³-hybridized carbons (Fsp3) is 0.857. The minimum Gasteiger partial charge on any atom is -0.480 e. The lowest BCUT2D eigenvalue weighted by Gasteiger charge is -2.37. The van der Waals surface area contributed by atoms with E-state index in [4.69, 9.17) is 9.84 Å². The number of carboxylic acid groups (broad SMARTS) is 1. The highest BCUT2D eigenvalue weighted by Gasteiger charge is 2.35. The average molecular weight is 300 g/mol. The Hall–Kier alpha value is -1.18. The molecule has 2 aliphatic rings. The van der Waals surface area contributed by atoms with Crippen LogP contribution in [0, 0.1) is 0 Å². The summed E-state index contributed by atoms with van der Waals surface area (Å²) in [6.07, 6.45) is 1.61. The van der Waals surface area contributed by atoms with Crippen molar-refractivity contribution in [3.63, 3.8) is 0 Å². The molecule has 2 heterocycles. The van der Waals surface area contributed by atoms with E-state index in [1.54, 1.807) is 0 Å². The van der Waals surface area contributed by atoms with Gasteiger partial charge in [-0.1, -0.05) is 6.92 Å². The number of β-amino-alcohol motifs (C(OH)–C–C–N with tert-alkyl or cyclic N) is 1. The molecule has 7 nitrogen and oxygen atoms in total. The molecule has 0 spiro atoms. The van der Waals surface area contributed by atoms with Gasteiger partial charge in [0.2, 0.25) is 0 Å². The number of esters is 1. The number of likely N-dealkylation sites (N-methyl/N-ethyl adjacent to an activating group) is 1. The molecule has 0 saturated carbocycles. The number of carbonyl (C=O) groups is 2. The minimum absolute atomic E-state index is 0.260. The lowest BCUT2D eigenvalue weighted by Crippen LogP contribution is -2.52. The number of hydrogen-bond donors (Lipinski definition) is 3. The van der Waals surface area contributed by atoms with Gasteiger partial charge < -0.3 is 20.3 Å². The Morgan fingerprint density at radius 2 is 2.05 bits per heavy atom. The third kappa shape index (κ3) is 4.15. The first-order valence-electron chi connectivity index (χ1n) is 7.60. The van der Waals surface area contributed by atoms with Crippen molar-refractivity contribution in [3.8, 4) is 0 Å². The number of likely N-dealkylation sites (tertiary alicyclic amines) is 1. The molecule has 0 radical (unpaired) electrons. The second kappa shape index (κ2) is 7.20. The summed E-state index contributed by atoms with van der Waals surface area (Å²) < 4.78 is 5.51. The van der Waals surface area contributed by atoms with Crippen LogP contribution < -0.4 is 5.32 Å². The van der Waals surface area contributed by atoms with Crippen LogP contribution >= 0.6 is 0 Å². The Labute approximate surface area is 124 Å². The highest BCUT2D eigenvalue weighted by molar-refractivity contribution is 5.76. The van der Waals surface area contributed by atoms with Gasteiger partial charge in [0.1, 0.15) is 18.2 Å². The first kappa shape index (κ1) is 16.2. The van der Waals surface area contributed by atoms with Crippen LogP contribution in [0.4, 0.5) is 0 Å². The highest BCUT2D eigenvalue weighted by atomic mass is 16.5. The van der Waals surface area contributed by atoms with Crippen LogP contribution in [0.15, 0.2) is 0 Å². The van der Waals surface area contributed by atoms with Gasteiger partial charge >= 0.3 is 11.9 Å². The normalized spacial score (nSPS) is 34.4. The first-order chi connectivity index (χ1) is 10.0. The summed E-state index contributed by atoms with van der Waals surface area (Å²) in [6, 6.07) is -0.840. The maximum Gasteiger partial charge on any atom is 0.323 e. The van der Waals surface area contributed by atoms with Crippen molar-refractivity contribution < 1.29 is 24.5 Å². The van der Waals surface area contributed by atoms with E-state index in [1.807, 2.05) is 11.8 Å². The Balaban J connectivity index is 1.83. The van der Waals surface area contributed by atoms with Gasteiger partial charge in [-0.2, -0.15) is 0 Å². The number of hydrogen-bond acceptors (Lipinski definition) is 6. The summed E-state index contributed by atoms with van der Waals surface area (Å²) in [6.45, 7) is 3.53. The number of nitrogens with one attached hydrogen (secondary N) is 1. The van der Waals surface area contributed by atoms with Crippen molar-refractivity contribution in [2.45, 2.75) is 56.9 Å². The minimum atomic E-state index is -0.863. The Kier molecular flexibility index (Phi) is 5.55. The maximum absolute atomic E-state index is 12.3. The van der Waals surface area contributed by atoms with E-state index in [9.17, 15) is 14.7 Å². The third-order valence-electron chi connectivity index (χ3n) is 4.29. The summed E-state index contributed by atoms with van der Waals surface area (Å²) in [7, 11) is 0. The highest BCUT2D eigenvalue weighted by Crippen LogP contribution is 2.20. The molecule has 0 amide bonds. The maximum atomic E-state index is 12.3. The van der Waals surface area contributed by atoms with Gasteiger partial charge in [-0.25, -0.2) is 0 Å². The topological polar surface area (TPSA) is 99.1 Å². The van der Waals surface area contributed by atoms with Gasteiger partial charge in [0.25, 0.3) is 0 Å². The van der Waals surface area contributed by atoms with Crippen molar-refractivity contribution in [1.29, 1.82) is 0 Å². The van der Waals surface area contributed by atoms with E-state index in [-0.39, 0.29) is 24.2 Å². The summed E-state index contributed by atoms with van der Waals surface area (Å²) in [5.41, 5.74) is 0. The molecule has 0 aliphatic carbocycles. The molecule has 2 rings (SSSR count). The van der Waals surface area contributed by atoms with Crippen molar-refractivity contribution in [3.05, 3.63) is 0 Å². The molecule has 3 N–H and O–H groups in total. The van der Waals surface area contributed by atoms with Gasteiger partial charge in [-0.3, -0.25) is 14.5 Å². The predicted molar refractivity (Wildman–Crippen MR) is 74.8 cm³/mol. The van der Waals surface area contributed by atoms with Crippen LogP contribution in [0.25, 0.3) is 0 Å². The van der Waals surface area contributed by atoms with Crippen LogP contribution in [0.5, 0.6) is 0 Å². The summed E-state index contributed by atoms with van der Waals surface area (Å²) in [5.74, 6) is -1.12. The van der Waals surface area contributed by atoms with Crippen LogP contribution in [0.1, 0.15) is 32.6 Å². The Morgan fingerprint density at radius 3 is 2.62 bits per heavy atom. The summed E-state index contributed by atoms with van der Waals surface area (Å²) >= 11 is 0. The van der Waals surface area contributed by atoms with Crippen LogP contribution in [-0.4, -0.2) is 71.0 Å². The number of piperidine rings is 2. The number of aliphatic hydroxyl groups excluding tert-OH is 1. The molecule has 7 heteroatoms. The average Bonchev–Trinajstić information content (AvgIpc) is 2.47. The van der Waals surface area contributed by atoms with Crippen molar-refractivity contribution in [2.75, 3.05) is 19.6 Å². The smallest absolute Gasteiger partial charge is 0.323 e. The van der Waals surface area contributed by atoms with Gasteiger partial charge in [0.05, 0.1) is 6.10 Å². The second-order valence-corrected chi connectivity index (χ2v) is 5.77. The van der Waals surface area contributed by atoms with Gasteiger partial charge in [0.15, 0.2) is 0 Å². The fourth-order valence-electron chi connectivity index (χ4n) is 3.02. The van der Waals surface area contributed by atoms with Crippen molar-refractivity contribution in [1.82, 2.24) is 10.2 Å². The molecule has 4 atom stereocenters. The van der Waals surface area contributed by atoms with E-state index in [2.05, 4.69) is 5.32 Å². The van der Waals surface area contributed by atoms with Gasteiger partial charge in [-0.15, -0.1) is 0 Å². The monoisotopic (exact) mass is 300 g/mol. The van der Waals surface area contributed by atoms with Crippen LogP contribution in [-0.2, 0) is 14.3 Å². The van der Waals surface area contributed by atoms with Gasteiger partial charge in [-0.05, 0) is 32.2 Å². The first-order valence-corrected chi connectivity index (χ1v) is 7.60. The van der Waals surface area contributed by atoms with E-state index < -0.39 is 12.0 Å². The number of rotatable bonds is 4. The van der Waals surface area contributed by atoms with E-state index in [1.165, 1.54) is 0 Å². The lowest BCUT2D eigenvalue weighted by molar-refractivity contribution is -0.159. The van der Waals surface area contributed by atoms with Crippen molar-refractivity contribution >= 4 is 11.9 Å². The molecule has 0 aromatic heterocycles. The zero-order valence-electron chi connectivity index (χ0n) is 12.3. The molecule has 2 fully saturated rings. The Morgan fingerprint density at radius 1 is 1.29 bits per heavy atom. The summed E-state index contributed by atoms with van der Waals surface area (Å²) in [5, 5.41) is 21.4. The number of carboxylic acids is 1. The molecule has 0 unspecified atom stereocenters. The van der Waals surface area contributed by atoms with Crippen molar-refractivity contribution in [2.24, 2.45) is 0 Å². The van der Waals surface area contributed by atoms with E-state index in [0.717, 1.165) is 0 Å².